The standard InChI is InChI=1S/C20H15Cl3N2O2/c21-16-7-4-8-17(22)15(16)12-25(11-13-5-2-1-3-6-13)20(27)14-9-18(23)19(26)24-10-14/h1-10H,11-12H2,(H,24,26). The van der Waals surface area contributed by atoms with Gasteiger partial charge in [-0.1, -0.05) is 71.2 Å². The minimum Gasteiger partial charge on any atom is -0.330 e. The van der Waals surface area contributed by atoms with Crippen LogP contribution in [0.15, 0.2) is 65.6 Å². The number of nitrogens with zero attached hydrogens (tertiary/aromatic N) is 1. The van der Waals surface area contributed by atoms with Crippen LogP contribution >= 0.6 is 34.8 Å². The maximum Gasteiger partial charge on any atom is 0.266 e. The van der Waals surface area contributed by atoms with E-state index in [1.165, 1.54) is 12.3 Å². The lowest BCUT2D eigenvalue weighted by Crippen LogP contribution is -2.31. The highest BCUT2D eigenvalue weighted by Crippen LogP contribution is 2.27. The van der Waals surface area contributed by atoms with Gasteiger partial charge in [-0.3, -0.25) is 9.59 Å². The quantitative estimate of drug-likeness (QED) is 0.617. The van der Waals surface area contributed by atoms with Gasteiger partial charge in [0.15, 0.2) is 0 Å². The van der Waals surface area contributed by atoms with Gasteiger partial charge in [0, 0.05) is 34.9 Å². The molecule has 0 aliphatic rings. The molecule has 138 valence electrons. The highest BCUT2D eigenvalue weighted by molar-refractivity contribution is 6.36. The molecule has 3 aromatic rings. The number of H-pyrrole nitrogens is 1. The number of carbonyl (C=O) groups excluding carboxylic acids is 1. The van der Waals surface area contributed by atoms with Crippen molar-refractivity contribution in [3.8, 4) is 0 Å². The summed E-state index contributed by atoms with van der Waals surface area (Å²) in [5.74, 6) is -0.298. The first-order valence-electron chi connectivity index (χ1n) is 8.10. The molecule has 0 atom stereocenters. The largest absolute Gasteiger partial charge is 0.330 e. The third-order valence-corrected chi connectivity index (χ3v) is 5.01. The Kier molecular flexibility index (Phi) is 6.22. The lowest BCUT2D eigenvalue weighted by Gasteiger charge is -2.24. The summed E-state index contributed by atoms with van der Waals surface area (Å²) < 4.78 is 0. The summed E-state index contributed by atoms with van der Waals surface area (Å²) in [7, 11) is 0. The van der Waals surface area contributed by atoms with Crippen LogP contribution in [0, 0.1) is 0 Å². The van der Waals surface area contributed by atoms with E-state index >= 15 is 0 Å². The molecule has 0 fully saturated rings. The second kappa shape index (κ2) is 8.61. The Balaban J connectivity index is 1.97. The first kappa shape index (κ1) is 19.5. The molecule has 2 aromatic carbocycles. The van der Waals surface area contributed by atoms with Crippen molar-refractivity contribution >= 4 is 40.7 Å². The van der Waals surface area contributed by atoms with Gasteiger partial charge in [-0.15, -0.1) is 0 Å². The van der Waals surface area contributed by atoms with Gasteiger partial charge < -0.3 is 9.88 Å². The molecule has 1 aromatic heterocycles. The number of amides is 1. The van der Waals surface area contributed by atoms with Crippen molar-refractivity contribution in [2.45, 2.75) is 13.1 Å². The molecule has 7 heteroatoms. The fourth-order valence-electron chi connectivity index (χ4n) is 2.64. The molecule has 0 spiro atoms. The van der Waals surface area contributed by atoms with Gasteiger partial charge in [0.1, 0.15) is 5.02 Å². The van der Waals surface area contributed by atoms with E-state index in [0.29, 0.717) is 22.2 Å². The van der Waals surface area contributed by atoms with Crippen molar-refractivity contribution in [2.75, 3.05) is 0 Å². The number of aromatic nitrogens is 1. The van der Waals surface area contributed by atoms with E-state index in [0.717, 1.165) is 5.56 Å². The fraction of sp³-hybridized carbons (Fsp3) is 0.100. The van der Waals surface area contributed by atoms with Crippen LogP contribution in [0.4, 0.5) is 0 Å². The minimum atomic E-state index is -0.447. The molecular formula is C20H15Cl3N2O2. The predicted octanol–water partition coefficient (Wildman–Crippen LogP) is 5.18. The molecule has 4 nitrogen and oxygen atoms in total. The highest BCUT2D eigenvalue weighted by Gasteiger charge is 2.20. The Bertz CT molecular complexity index is 999. The second-order valence-corrected chi connectivity index (χ2v) is 7.13. The molecule has 27 heavy (non-hydrogen) atoms. The van der Waals surface area contributed by atoms with Gasteiger partial charge in [-0.25, -0.2) is 0 Å². The SMILES string of the molecule is O=C(c1c[nH]c(=O)c(Cl)c1)N(Cc1ccccc1)Cc1c(Cl)cccc1Cl. The molecule has 0 bridgehead atoms. The third-order valence-electron chi connectivity index (χ3n) is 4.02. The average molecular weight is 422 g/mol. The van der Waals surface area contributed by atoms with E-state index in [-0.39, 0.29) is 23.0 Å². The van der Waals surface area contributed by atoms with Gasteiger partial charge in [-0.05, 0) is 23.8 Å². The van der Waals surface area contributed by atoms with Crippen molar-refractivity contribution < 1.29 is 4.79 Å². The van der Waals surface area contributed by atoms with Crippen LogP contribution in [0.5, 0.6) is 0 Å². The van der Waals surface area contributed by atoms with E-state index in [9.17, 15) is 9.59 Å². The molecule has 1 N–H and O–H groups in total. The molecule has 0 saturated heterocycles. The lowest BCUT2D eigenvalue weighted by molar-refractivity contribution is 0.0729. The fourth-order valence-corrected chi connectivity index (χ4v) is 3.33. The zero-order valence-corrected chi connectivity index (χ0v) is 16.4. The van der Waals surface area contributed by atoms with Gasteiger partial charge in [-0.2, -0.15) is 0 Å². The Morgan fingerprint density at radius 1 is 0.889 bits per heavy atom. The summed E-state index contributed by atoms with van der Waals surface area (Å²) in [5, 5.41) is 0.914. The summed E-state index contributed by atoms with van der Waals surface area (Å²) in [6.45, 7) is 0.556. The van der Waals surface area contributed by atoms with Crippen LogP contribution < -0.4 is 5.56 Å². The van der Waals surface area contributed by atoms with Crippen molar-refractivity contribution in [2.24, 2.45) is 0 Å². The average Bonchev–Trinajstić information content (AvgIpc) is 2.66. The van der Waals surface area contributed by atoms with E-state index in [4.69, 9.17) is 34.8 Å². The molecule has 0 aliphatic carbocycles. The molecule has 3 rings (SSSR count). The Morgan fingerprint density at radius 2 is 1.56 bits per heavy atom. The maximum absolute atomic E-state index is 13.1. The Hall–Kier alpha value is -2.27. The minimum absolute atomic E-state index is 0.0451. The molecule has 1 amide bonds. The first-order chi connectivity index (χ1) is 13.0. The predicted molar refractivity (Wildman–Crippen MR) is 109 cm³/mol. The number of nitrogens with one attached hydrogen (secondary N) is 1. The number of pyridine rings is 1. The summed E-state index contributed by atoms with van der Waals surface area (Å²) in [5.41, 5.74) is 1.43. The van der Waals surface area contributed by atoms with Crippen LogP contribution in [-0.4, -0.2) is 15.8 Å². The molecule has 0 aliphatic heterocycles. The number of aromatic amines is 1. The smallest absolute Gasteiger partial charge is 0.266 e. The number of rotatable bonds is 5. The summed E-state index contributed by atoms with van der Waals surface area (Å²) >= 11 is 18.4. The lowest BCUT2D eigenvalue weighted by atomic mass is 10.1. The maximum atomic E-state index is 13.1. The van der Waals surface area contributed by atoms with E-state index in [2.05, 4.69) is 4.98 Å². The van der Waals surface area contributed by atoms with E-state index in [1.54, 1.807) is 23.1 Å². The summed E-state index contributed by atoms with van der Waals surface area (Å²) in [6, 6.07) is 16.1. The monoisotopic (exact) mass is 420 g/mol. The van der Waals surface area contributed by atoms with Crippen molar-refractivity contribution in [1.29, 1.82) is 0 Å². The zero-order chi connectivity index (χ0) is 19.4. The van der Waals surface area contributed by atoms with Crippen molar-refractivity contribution in [3.63, 3.8) is 0 Å². The molecule has 0 unspecified atom stereocenters. The van der Waals surface area contributed by atoms with Crippen LogP contribution in [0.25, 0.3) is 0 Å². The Labute approximate surface area is 171 Å². The van der Waals surface area contributed by atoms with Crippen LogP contribution in [0.2, 0.25) is 15.1 Å². The van der Waals surface area contributed by atoms with Crippen LogP contribution in [0.3, 0.4) is 0 Å². The zero-order valence-electron chi connectivity index (χ0n) is 14.1. The number of halogens is 3. The number of hydrogen-bond donors (Lipinski definition) is 1. The topological polar surface area (TPSA) is 53.2 Å². The van der Waals surface area contributed by atoms with Crippen molar-refractivity contribution in [1.82, 2.24) is 9.88 Å². The van der Waals surface area contributed by atoms with E-state index < -0.39 is 5.56 Å². The van der Waals surface area contributed by atoms with Gasteiger partial charge in [0.25, 0.3) is 11.5 Å². The molecule has 1 heterocycles. The van der Waals surface area contributed by atoms with Crippen molar-refractivity contribution in [3.05, 3.63) is 103 Å². The van der Waals surface area contributed by atoms with Gasteiger partial charge in [0.2, 0.25) is 0 Å². The molecule has 0 radical (unpaired) electrons. The van der Waals surface area contributed by atoms with E-state index in [1.807, 2.05) is 30.3 Å². The Morgan fingerprint density at radius 3 is 2.19 bits per heavy atom. The first-order valence-corrected chi connectivity index (χ1v) is 9.23. The normalized spacial score (nSPS) is 10.6. The number of benzene rings is 2. The summed E-state index contributed by atoms with van der Waals surface area (Å²) in [6.07, 6.45) is 1.35. The highest BCUT2D eigenvalue weighted by atomic mass is 35.5. The van der Waals surface area contributed by atoms with Gasteiger partial charge in [0.05, 0.1) is 5.56 Å². The second-order valence-electron chi connectivity index (χ2n) is 5.91. The third kappa shape index (κ3) is 4.72. The van der Waals surface area contributed by atoms with Gasteiger partial charge >= 0.3 is 0 Å². The number of hydrogen-bond acceptors (Lipinski definition) is 2. The number of carbonyl (C=O) groups is 1. The summed E-state index contributed by atoms with van der Waals surface area (Å²) in [4.78, 5) is 28.7. The molecule has 0 saturated carbocycles. The van der Waals surface area contributed by atoms with Crippen LogP contribution in [-0.2, 0) is 13.1 Å². The molecular weight excluding hydrogens is 407 g/mol. The van der Waals surface area contributed by atoms with Crippen LogP contribution in [0.1, 0.15) is 21.5 Å².